The van der Waals surface area contributed by atoms with Crippen molar-refractivity contribution in [1.82, 2.24) is 14.9 Å². The summed E-state index contributed by atoms with van der Waals surface area (Å²) >= 11 is 5.32. The molecule has 0 bridgehead atoms. The van der Waals surface area contributed by atoms with Gasteiger partial charge in [-0.25, -0.2) is 9.97 Å². The number of hydrogen-bond donors (Lipinski definition) is 1. The number of fused-ring (bicyclic) bond motifs is 2. The maximum Gasteiger partial charge on any atom is 0.264 e. The Balaban J connectivity index is 1.45. The minimum Gasteiger partial charge on any atom is -0.432 e. The van der Waals surface area contributed by atoms with E-state index in [1.165, 1.54) is 6.42 Å². The summed E-state index contributed by atoms with van der Waals surface area (Å²) in [4.78, 5) is 24.2. The van der Waals surface area contributed by atoms with Crippen LogP contribution in [0.3, 0.4) is 0 Å². The van der Waals surface area contributed by atoms with Gasteiger partial charge in [0, 0.05) is 24.3 Å². The maximum absolute atomic E-state index is 12.7. The molecule has 0 radical (unpaired) electrons. The second-order valence-electron chi connectivity index (χ2n) is 7.55. The number of amides is 1. The van der Waals surface area contributed by atoms with E-state index in [0.717, 1.165) is 54.8 Å². The van der Waals surface area contributed by atoms with Gasteiger partial charge in [-0.1, -0.05) is 0 Å². The van der Waals surface area contributed by atoms with Gasteiger partial charge in [-0.15, -0.1) is 0 Å². The van der Waals surface area contributed by atoms with E-state index >= 15 is 0 Å². The molecule has 0 aliphatic heterocycles. The molecular weight excluding hydrogens is 408 g/mol. The predicted molar refractivity (Wildman–Crippen MR) is 127 cm³/mol. The Labute approximate surface area is 187 Å². The Morgan fingerprint density at radius 1 is 1.00 bits per heavy atom. The largest absolute Gasteiger partial charge is 0.432 e. The first-order valence-electron chi connectivity index (χ1n) is 10.7. The third-order valence-electron chi connectivity index (χ3n) is 5.50. The average molecular weight is 435 g/mol. The van der Waals surface area contributed by atoms with Crippen LogP contribution in [0.4, 0.5) is 5.69 Å². The number of thiocarbonyl (C=S) groups is 1. The number of nitrogens with zero attached hydrogens (tertiary/aromatic N) is 3. The summed E-state index contributed by atoms with van der Waals surface area (Å²) < 4.78 is 5.72. The molecule has 7 heteroatoms. The highest BCUT2D eigenvalue weighted by Gasteiger charge is 2.14. The molecule has 0 saturated carbocycles. The van der Waals surface area contributed by atoms with Crippen molar-refractivity contribution in [3.05, 3.63) is 59.4 Å². The van der Waals surface area contributed by atoms with Gasteiger partial charge in [0.1, 0.15) is 5.75 Å². The first-order valence-corrected chi connectivity index (χ1v) is 11.2. The van der Waals surface area contributed by atoms with Gasteiger partial charge >= 0.3 is 0 Å². The van der Waals surface area contributed by atoms with Crippen LogP contribution in [0.1, 0.15) is 48.4 Å². The number of carbonyl (C=O) groups is 1. The van der Waals surface area contributed by atoms with Crippen LogP contribution in [-0.4, -0.2) is 39.0 Å². The van der Waals surface area contributed by atoms with Gasteiger partial charge in [0.25, 0.3) is 11.1 Å². The van der Waals surface area contributed by atoms with Crippen molar-refractivity contribution < 1.29 is 9.53 Å². The zero-order valence-electron chi connectivity index (χ0n) is 17.9. The third kappa shape index (κ3) is 4.82. The monoisotopic (exact) mass is 434 g/mol. The standard InChI is InChI=1S/C24H26N4O2S/c1-3-28(4-2)24(31)30-18-12-9-16(10-13-18)23(29)25-17-11-14-21-22(15-17)27-20-8-6-5-7-19(20)26-21/h9-15H,3-8H2,1-2H3,(H,25,29). The zero-order valence-corrected chi connectivity index (χ0v) is 18.7. The number of ether oxygens (including phenoxy) is 1. The van der Waals surface area contributed by atoms with Crippen LogP contribution in [0.5, 0.6) is 5.75 Å². The van der Waals surface area contributed by atoms with Crippen LogP contribution in [-0.2, 0) is 12.8 Å². The Kier molecular flexibility index (Phi) is 6.42. The van der Waals surface area contributed by atoms with Crippen LogP contribution < -0.4 is 10.1 Å². The zero-order chi connectivity index (χ0) is 21.8. The van der Waals surface area contributed by atoms with Gasteiger partial charge in [0.15, 0.2) is 0 Å². The molecule has 0 unspecified atom stereocenters. The summed E-state index contributed by atoms with van der Waals surface area (Å²) in [5.74, 6) is 0.419. The van der Waals surface area contributed by atoms with E-state index in [1.54, 1.807) is 24.3 Å². The van der Waals surface area contributed by atoms with E-state index < -0.39 is 0 Å². The Bertz CT molecular complexity index is 1110. The van der Waals surface area contributed by atoms with Crippen LogP contribution in [0.2, 0.25) is 0 Å². The van der Waals surface area contributed by atoms with Crippen LogP contribution in [0, 0.1) is 0 Å². The smallest absolute Gasteiger partial charge is 0.264 e. The van der Waals surface area contributed by atoms with Gasteiger partial charge in [-0.3, -0.25) is 4.79 Å². The summed E-state index contributed by atoms with van der Waals surface area (Å²) in [5.41, 5.74) is 5.11. The van der Waals surface area contributed by atoms with E-state index in [1.807, 2.05) is 36.9 Å². The molecule has 31 heavy (non-hydrogen) atoms. The molecule has 1 aliphatic carbocycles. The molecule has 160 valence electrons. The number of rotatable bonds is 5. The lowest BCUT2D eigenvalue weighted by Gasteiger charge is -2.21. The van der Waals surface area contributed by atoms with E-state index in [-0.39, 0.29) is 5.91 Å². The quantitative estimate of drug-likeness (QED) is 0.584. The van der Waals surface area contributed by atoms with E-state index in [9.17, 15) is 4.79 Å². The number of benzene rings is 2. The number of carbonyl (C=O) groups excluding carboxylic acids is 1. The number of hydrogen-bond acceptors (Lipinski definition) is 5. The highest BCUT2D eigenvalue weighted by molar-refractivity contribution is 7.80. The number of anilines is 1. The minimum atomic E-state index is -0.192. The molecule has 4 rings (SSSR count). The lowest BCUT2D eigenvalue weighted by Crippen LogP contribution is -2.32. The van der Waals surface area contributed by atoms with E-state index in [4.69, 9.17) is 26.9 Å². The maximum atomic E-state index is 12.7. The van der Waals surface area contributed by atoms with Gasteiger partial charge < -0.3 is 15.0 Å². The number of aromatic nitrogens is 2. The second-order valence-corrected chi connectivity index (χ2v) is 7.90. The molecule has 1 heterocycles. The van der Waals surface area contributed by atoms with Crippen molar-refractivity contribution in [2.24, 2.45) is 0 Å². The fraction of sp³-hybridized carbons (Fsp3) is 0.333. The topological polar surface area (TPSA) is 67.3 Å². The van der Waals surface area contributed by atoms with Crippen molar-refractivity contribution in [1.29, 1.82) is 0 Å². The molecule has 1 aliphatic rings. The number of aryl methyl sites for hydroxylation is 2. The van der Waals surface area contributed by atoms with E-state index in [2.05, 4.69) is 5.32 Å². The lowest BCUT2D eigenvalue weighted by molar-refractivity contribution is 0.102. The second kappa shape index (κ2) is 9.39. The molecule has 0 spiro atoms. The molecule has 2 aromatic carbocycles. The molecule has 1 amide bonds. The first-order chi connectivity index (χ1) is 15.1. The van der Waals surface area contributed by atoms with Crippen molar-refractivity contribution in [3.63, 3.8) is 0 Å². The predicted octanol–water partition coefficient (Wildman–Crippen LogP) is 4.77. The van der Waals surface area contributed by atoms with Crippen molar-refractivity contribution in [2.45, 2.75) is 39.5 Å². The normalized spacial score (nSPS) is 12.8. The van der Waals surface area contributed by atoms with Crippen LogP contribution in [0.15, 0.2) is 42.5 Å². The van der Waals surface area contributed by atoms with Gasteiger partial charge in [-0.05, 0) is 94.2 Å². The summed E-state index contributed by atoms with van der Waals surface area (Å²) in [6.45, 7) is 5.63. The highest BCUT2D eigenvalue weighted by atomic mass is 32.1. The minimum absolute atomic E-state index is 0.192. The molecule has 1 N–H and O–H groups in total. The van der Waals surface area contributed by atoms with Gasteiger partial charge in [0.05, 0.1) is 22.4 Å². The van der Waals surface area contributed by atoms with Gasteiger partial charge in [0.2, 0.25) is 0 Å². The molecule has 0 atom stereocenters. The molecule has 6 nitrogen and oxygen atoms in total. The van der Waals surface area contributed by atoms with Gasteiger partial charge in [-0.2, -0.15) is 0 Å². The summed E-state index contributed by atoms with van der Waals surface area (Å²) in [6, 6.07) is 12.6. The fourth-order valence-corrected chi connectivity index (χ4v) is 4.07. The summed E-state index contributed by atoms with van der Waals surface area (Å²) in [5, 5.41) is 3.38. The van der Waals surface area contributed by atoms with E-state index in [0.29, 0.717) is 22.2 Å². The summed E-state index contributed by atoms with van der Waals surface area (Å²) in [6.07, 6.45) is 4.30. The first kappa shape index (κ1) is 21.2. The Morgan fingerprint density at radius 2 is 1.65 bits per heavy atom. The lowest BCUT2D eigenvalue weighted by atomic mass is 10.0. The Hall–Kier alpha value is -3.06. The van der Waals surface area contributed by atoms with Crippen LogP contribution in [0.25, 0.3) is 11.0 Å². The Morgan fingerprint density at radius 3 is 2.29 bits per heavy atom. The van der Waals surface area contributed by atoms with Crippen molar-refractivity contribution in [2.75, 3.05) is 18.4 Å². The molecule has 0 fully saturated rings. The third-order valence-corrected chi connectivity index (χ3v) is 5.84. The molecule has 1 aromatic heterocycles. The summed E-state index contributed by atoms with van der Waals surface area (Å²) in [7, 11) is 0. The van der Waals surface area contributed by atoms with Crippen LogP contribution >= 0.6 is 12.2 Å². The van der Waals surface area contributed by atoms with Crippen molar-refractivity contribution >= 4 is 40.0 Å². The SMILES string of the molecule is CCN(CC)C(=S)Oc1ccc(C(=O)Nc2ccc3nc4c(nc3c2)CCCC4)cc1. The van der Waals surface area contributed by atoms with Crippen molar-refractivity contribution in [3.8, 4) is 5.75 Å². The highest BCUT2D eigenvalue weighted by Crippen LogP contribution is 2.23. The molecule has 3 aromatic rings. The molecular formula is C24H26N4O2S. The number of nitrogens with one attached hydrogen (secondary N) is 1. The average Bonchev–Trinajstić information content (AvgIpc) is 2.79. The fourth-order valence-electron chi connectivity index (χ4n) is 3.72. The molecule has 0 saturated heterocycles.